The third-order valence-electron chi connectivity index (χ3n) is 2.86. The zero-order chi connectivity index (χ0) is 10.1. The summed E-state index contributed by atoms with van der Waals surface area (Å²) < 4.78 is 5.60. The summed E-state index contributed by atoms with van der Waals surface area (Å²) in [6, 6.07) is 5.91. The van der Waals surface area contributed by atoms with Gasteiger partial charge in [-0.05, 0) is 42.0 Å². The highest BCUT2D eigenvalue weighted by atomic mass is 35.5. The maximum absolute atomic E-state index is 5.99. The molecule has 0 fully saturated rings. The zero-order valence-corrected chi connectivity index (χ0v) is 9.34. The molecule has 0 spiro atoms. The van der Waals surface area contributed by atoms with Crippen molar-refractivity contribution in [1.29, 1.82) is 0 Å². The van der Waals surface area contributed by atoms with Crippen LogP contribution in [0.5, 0.6) is 5.75 Å². The second kappa shape index (κ2) is 3.82. The molecule has 0 unspecified atom stereocenters. The minimum atomic E-state index is 0.595. The van der Waals surface area contributed by atoms with E-state index in [0.29, 0.717) is 11.8 Å². The smallest absolute Gasteiger partial charge is 0.122 e. The molecule has 1 aromatic carbocycles. The minimum Gasteiger partial charge on any atom is -0.493 e. The first kappa shape index (κ1) is 9.85. The monoisotopic (exact) mass is 210 g/mol. The van der Waals surface area contributed by atoms with E-state index in [4.69, 9.17) is 16.3 Å². The number of benzene rings is 1. The molecule has 0 radical (unpaired) electrons. The first-order valence-corrected chi connectivity index (χ1v) is 5.48. The quantitative estimate of drug-likeness (QED) is 0.684. The van der Waals surface area contributed by atoms with Crippen LogP contribution in [0.4, 0.5) is 0 Å². The van der Waals surface area contributed by atoms with Gasteiger partial charge in [0.05, 0.1) is 6.61 Å². The van der Waals surface area contributed by atoms with Crippen LogP contribution in [0.3, 0.4) is 0 Å². The molecule has 1 aliphatic rings. The van der Waals surface area contributed by atoms with Crippen molar-refractivity contribution in [2.75, 3.05) is 6.61 Å². The second-order valence-electron chi connectivity index (χ2n) is 4.17. The summed E-state index contributed by atoms with van der Waals surface area (Å²) in [5.41, 5.74) is 1.28. The van der Waals surface area contributed by atoms with Crippen molar-refractivity contribution >= 4 is 11.6 Å². The number of halogens is 1. The molecule has 1 aliphatic heterocycles. The van der Waals surface area contributed by atoms with Crippen molar-refractivity contribution in [1.82, 2.24) is 0 Å². The van der Waals surface area contributed by atoms with Crippen molar-refractivity contribution in [2.45, 2.75) is 26.2 Å². The van der Waals surface area contributed by atoms with E-state index in [2.05, 4.69) is 13.8 Å². The average Bonchev–Trinajstić information content (AvgIpc) is 2.16. The molecule has 1 aromatic rings. The van der Waals surface area contributed by atoms with E-state index in [9.17, 15) is 0 Å². The lowest BCUT2D eigenvalue weighted by atomic mass is 9.84. The summed E-state index contributed by atoms with van der Waals surface area (Å²) in [5.74, 6) is 2.26. The van der Waals surface area contributed by atoms with Gasteiger partial charge in [0.2, 0.25) is 0 Å². The molecular formula is C12H15ClO. The van der Waals surface area contributed by atoms with Gasteiger partial charge in [-0.1, -0.05) is 25.4 Å². The van der Waals surface area contributed by atoms with E-state index >= 15 is 0 Å². The van der Waals surface area contributed by atoms with Gasteiger partial charge in [0.1, 0.15) is 5.75 Å². The average molecular weight is 211 g/mol. The van der Waals surface area contributed by atoms with Gasteiger partial charge < -0.3 is 4.74 Å². The van der Waals surface area contributed by atoms with Crippen LogP contribution in [0.1, 0.15) is 31.7 Å². The van der Waals surface area contributed by atoms with Gasteiger partial charge in [-0.25, -0.2) is 0 Å². The summed E-state index contributed by atoms with van der Waals surface area (Å²) in [5, 5.41) is 0.805. The predicted octanol–water partition coefficient (Wildman–Crippen LogP) is 3.86. The van der Waals surface area contributed by atoms with Gasteiger partial charge in [-0.3, -0.25) is 0 Å². The Labute approximate surface area is 90.0 Å². The SMILES string of the molecule is CC(C)[C@H]1CCOc2ccc(Cl)cc21. The third-order valence-corrected chi connectivity index (χ3v) is 3.10. The number of rotatable bonds is 1. The summed E-state index contributed by atoms with van der Waals surface area (Å²) in [7, 11) is 0. The van der Waals surface area contributed by atoms with Gasteiger partial charge in [0.25, 0.3) is 0 Å². The van der Waals surface area contributed by atoms with Crippen LogP contribution < -0.4 is 4.74 Å². The van der Waals surface area contributed by atoms with Crippen LogP contribution >= 0.6 is 11.6 Å². The third kappa shape index (κ3) is 1.74. The molecule has 76 valence electrons. The lowest BCUT2D eigenvalue weighted by Gasteiger charge is -2.28. The maximum atomic E-state index is 5.99. The molecule has 0 saturated heterocycles. The molecule has 0 amide bonds. The van der Waals surface area contributed by atoms with Crippen molar-refractivity contribution in [3.05, 3.63) is 28.8 Å². The lowest BCUT2D eigenvalue weighted by molar-refractivity contribution is 0.247. The van der Waals surface area contributed by atoms with E-state index in [1.165, 1.54) is 5.56 Å². The van der Waals surface area contributed by atoms with Crippen molar-refractivity contribution in [2.24, 2.45) is 5.92 Å². The van der Waals surface area contributed by atoms with Crippen LogP contribution in [0.15, 0.2) is 18.2 Å². The molecule has 0 aliphatic carbocycles. The second-order valence-corrected chi connectivity index (χ2v) is 4.61. The van der Waals surface area contributed by atoms with Crippen LogP contribution in [-0.4, -0.2) is 6.61 Å². The number of hydrogen-bond acceptors (Lipinski definition) is 1. The molecule has 14 heavy (non-hydrogen) atoms. The van der Waals surface area contributed by atoms with Crippen molar-refractivity contribution in [3.8, 4) is 5.75 Å². The zero-order valence-electron chi connectivity index (χ0n) is 8.59. The van der Waals surface area contributed by atoms with E-state index in [1.54, 1.807) is 0 Å². The molecule has 2 heteroatoms. The molecular weight excluding hydrogens is 196 g/mol. The standard InChI is InChI=1S/C12H15ClO/c1-8(2)10-5-6-14-12-4-3-9(13)7-11(10)12/h3-4,7-8,10H,5-6H2,1-2H3/t10-/m1/s1. The van der Waals surface area contributed by atoms with Gasteiger partial charge in [0, 0.05) is 5.02 Å². The maximum Gasteiger partial charge on any atom is 0.122 e. The Morgan fingerprint density at radius 1 is 1.43 bits per heavy atom. The first-order valence-electron chi connectivity index (χ1n) is 5.10. The van der Waals surface area contributed by atoms with Gasteiger partial charge in [0.15, 0.2) is 0 Å². The Bertz CT molecular complexity index is 333. The largest absolute Gasteiger partial charge is 0.493 e. The summed E-state index contributed by atoms with van der Waals surface area (Å²) in [6.45, 7) is 5.33. The topological polar surface area (TPSA) is 9.23 Å². The summed E-state index contributed by atoms with van der Waals surface area (Å²) >= 11 is 5.99. The molecule has 0 bridgehead atoms. The molecule has 1 heterocycles. The summed E-state index contributed by atoms with van der Waals surface area (Å²) in [4.78, 5) is 0. The van der Waals surface area contributed by atoms with Crippen LogP contribution in [0.25, 0.3) is 0 Å². The van der Waals surface area contributed by atoms with Crippen LogP contribution in [0, 0.1) is 5.92 Å². The fraction of sp³-hybridized carbons (Fsp3) is 0.500. The first-order chi connectivity index (χ1) is 6.68. The van der Waals surface area contributed by atoms with E-state index in [0.717, 1.165) is 23.8 Å². The Morgan fingerprint density at radius 2 is 2.21 bits per heavy atom. The van der Waals surface area contributed by atoms with E-state index in [1.807, 2.05) is 18.2 Å². The van der Waals surface area contributed by atoms with E-state index in [-0.39, 0.29) is 0 Å². The minimum absolute atomic E-state index is 0.595. The summed E-state index contributed by atoms with van der Waals surface area (Å²) in [6.07, 6.45) is 1.10. The number of hydrogen-bond donors (Lipinski definition) is 0. The van der Waals surface area contributed by atoms with Crippen molar-refractivity contribution in [3.63, 3.8) is 0 Å². The Morgan fingerprint density at radius 3 is 2.93 bits per heavy atom. The normalized spacial score (nSPS) is 20.4. The Balaban J connectivity index is 2.41. The molecule has 2 rings (SSSR count). The van der Waals surface area contributed by atoms with Gasteiger partial charge in [-0.2, -0.15) is 0 Å². The highest BCUT2D eigenvalue weighted by Crippen LogP contribution is 2.39. The Hall–Kier alpha value is -0.690. The number of fused-ring (bicyclic) bond motifs is 1. The van der Waals surface area contributed by atoms with Crippen molar-refractivity contribution < 1.29 is 4.74 Å². The van der Waals surface area contributed by atoms with Crippen LogP contribution in [0.2, 0.25) is 5.02 Å². The molecule has 0 aromatic heterocycles. The van der Waals surface area contributed by atoms with Crippen LogP contribution in [-0.2, 0) is 0 Å². The fourth-order valence-corrected chi connectivity index (χ4v) is 2.26. The molecule has 1 nitrogen and oxygen atoms in total. The van der Waals surface area contributed by atoms with Gasteiger partial charge >= 0.3 is 0 Å². The van der Waals surface area contributed by atoms with Gasteiger partial charge in [-0.15, -0.1) is 0 Å². The lowest BCUT2D eigenvalue weighted by Crippen LogP contribution is -2.18. The molecule has 0 saturated carbocycles. The predicted molar refractivity (Wildman–Crippen MR) is 59.1 cm³/mol. The highest BCUT2D eigenvalue weighted by Gasteiger charge is 2.23. The fourth-order valence-electron chi connectivity index (χ4n) is 2.08. The molecule has 1 atom stereocenters. The van der Waals surface area contributed by atoms with E-state index < -0.39 is 0 Å². The Kier molecular flexibility index (Phi) is 2.69. The molecule has 0 N–H and O–H groups in total. The highest BCUT2D eigenvalue weighted by molar-refractivity contribution is 6.30. The number of ether oxygens (including phenoxy) is 1.